The summed E-state index contributed by atoms with van der Waals surface area (Å²) in [6, 6.07) is 12.7. The van der Waals surface area contributed by atoms with Gasteiger partial charge in [0.2, 0.25) is 5.91 Å². The molecule has 1 amide bonds. The summed E-state index contributed by atoms with van der Waals surface area (Å²) in [6.45, 7) is 5.86. The summed E-state index contributed by atoms with van der Waals surface area (Å²) in [7, 11) is 1.65. The first-order chi connectivity index (χ1) is 13.9. The third-order valence-electron chi connectivity index (χ3n) is 4.34. The van der Waals surface area contributed by atoms with E-state index in [1.54, 1.807) is 25.2 Å². The number of carbonyl (C=O) groups excluding carboxylic acids is 1. The molecule has 0 spiro atoms. The van der Waals surface area contributed by atoms with E-state index in [1.165, 1.54) is 0 Å². The minimum atomic E-state index is -0.498. The molecule has 1 heterocycles. The summed E-state index contributed by atoms with van der Waals surface area (Å²) in [5.41, 5.74) is 9.42. The van der Waals surface area contributed by atoms with Gasteiger partial charge in [0.05, 0.1) is 23.2 Å². The lowest BCUT2D eigenvalue weighted by Crippen LogP contribution is -2.10. The third-order valence-corrected chi connectivity index (χ3v) is 4.83. The number of aromatic nitrogens is 2. The van der Waals surface area contributed by atoms with Crippen LogP contribution in [-0.4, -0.2) is 33.7 Å². The van der Waals surface area contributed by atoms with Crippen LogP contribution in [0.2, 0.25) is 0 Å². The van der Waals surface area contributed by atoms with Gasteiger partial charge in [-0.3, -0.25) is 9.79 Å². The van der Waals surface area contributed by atoms with Crippen LogP contribution in [0.15, 0.2) is 57.7 Å². The summed E-state index contributed by atoms with van der Waals surface area (Å²) in [6.07, 6.45) is 0.233. The minimum Gasteiger partial charge on any atom is -0.512 e. The van der Waals surface area contributed by atoms with Gasteiger partial charge < -0.3 is 15.8 Å². The van der Waals surface area contributed by atoms with Gasteiger partial charge in [0.25, 0.3) is 0 Å². The number of hydrogen-bond donors (Lipinski definition) is 3. The number of allylic oxidation sites excluding steroid dienone is 2. The summed E-state index contributed by atoms with van der Waals surface area (Å²) in [5.74, 6) is 0.261. The van der Waals surface area contributed by atoms with Gasteiger partial charge in [-0.05, 0) is 48.4 Å². The first-order valence-corrected chi connectivity index (χ1v) is 10.1. The quantitative estimate of drug-likeness (QED) is 0.360. The van der Waals surface area contributed by atoms with Gasteiger partial charge in [-0.1, -0.05) is 41.9 Å². The number of aliphatic hydroxyl groups is 1. The number of aromatic amines is 1. The Labute approximate surface area is 178 Å². The highest BCUT2D eigenvalue weighted by Gasteiger charge is 2.14. The predicted octanol–water partition coefficient (Wildman–Crippen LogP) is 5.25. The van der Waals surface area contributed by atoms with Crippen molar-refractivity contribution in [2.24, 2.45) is 10.7 Å². The van der Waals surface area contributed by atoms with E-state index >= 15 is 0 Å². The van der Waals surface area contributed by atoms with Gasteiger partial charge in [0.1, 0.15) is 5.76 Å². The SMILES string of the molecule is CC.CN=C(C/C(O)=C(\C)c1cccc(Br)c1)c1nc2ccc(C(N)=O)cc2[nH]1. The van der Waals surface area contributed by atoms with Gasteiger partial charge in [-0.2, -0.15) is 0 Å². The Morgan fingerprint density at radius 2 is 1.93 bits per heavy atom. The highest BCUT2D eigenvalue weighted by molar-refractivity contribution is 9.10. The number of halogens is 1. The van der Waals surface area contributed by atoms with E-state index in [0.29, 0.717) is 28.1 Å². The number of nitrogens with two attached hydrogens (primary N) is 1. The van der Waals surface area contributed by atoms with Crippen molar-refractivity contribution in [3.8, 4) is 0 Å². The van der Waals surface area contributed by atoms with Crippen LogP contribution in [0.4, 0.5) is 0 Å². The molecule has 4 N–H and O–H groups in total. The van der Waals surface area contributed by atoms with Crippen molar-refractivity contribution < 1.29 is 9.90 Å². The molecule has 3 rings (SSSR count). The van der Waals surface area contributed by atoms with Crippen LogP contribution >= 0.6 is 15.9 Å². The maximum atomic E-state index is 11.3. The fourth-order valence-corrected chi connectivity index (χ4v) is 3.15. The normalized spacial score (nSPS) is 12.2. The lowest BCUT2D eigenvalue weighted by Gasteiger charge is -2.08. The van der Waals surface area contributed by atoms with Crippen molar-refractivity contribution in [2.45, 2.75) is 27.2 Å². The average molecular weight is 457 g/mol. The van der Waals surface area contributed by atoms with E-state index in [4.69, 9.17) is 5.73 Å². The number of amides is 1. The van der Waals surface area contributed by atoms with Crippen molar-refractivity contribution in [1.29, 1.82) is 0 Å². The number of nitrogens with zero attached hydrogens (tertiary/aromatic N) is 2. The van der Waals surface area contributed by atoms with E-state index in [0.717, 1.165) is 15.6 Å². The van der Waals surface area contributed by atoms with Gasteiger partial charge in [-0.15, -0.1) is 0 Å². The number of carbonyl (C=O) groups is 1. The molecular weight excluding hydrogens is 432 g/mol. The number of benzene rings is 2. The molecule has 7 heteroatoms. The molecule has 0 atom stereocenters. The number of nitrogens with one attached hydrogen (secondary N) is 1. The molecule has 0 aliphatic heterocycles. The summed E-state index contributed by atoms with van der Waals surface area (Å²) in [5, 5.41) is 10.6. The molecule has 0 saturated heterocycles. The Balaban J connectivity index is 0.00000145. The molecule has 2 aromatic carbocycles. The lowest BCUT2D eigenvalue weighted by atomic mass is 10.0. The number of H-pyrrole nitrogens is 1. The highest BCUT2D eigenvalue weighted by atomic mass is 79.9. The van der Waals surface area contributed by atoms with Gasteiger partial charge >= 0.3 is 0 Å². The molecule has 1 aromatic heterocycles. The Hall–Kier alpha value is -2.93. The number of hydrogen-bond acceptors (Lipinski definition) is 4. The van der Waals surface area contributed by atoms with Crippen LogP contribution in [0.25, 0.3) is 16.6 Å². The molecule has 0 fully saturated rings. The van der Waals surface area contributed by atoms with Crippen LogP contribution in [-0.2, 0) is 0 Å². The fourth-order valence-electron chi connectivity index (χ4n) is 2.75. The number of aliphatic imine (C=N–C) groups is 1. The zero-order chi connectivity index (χ0) is 21.6. The lowest BCUT2D eigenvalue weighted by molar-refractivity contribution is 0.100. The molecule has 0 aliphatic carbocycles. The van der Waals surface area contributed by atoms with Crippen LogP contribution < -0.4 is 5.73 Å². The maximum Gasteiger partial charge on any atom is 0.248 e. The number of aliphatic hydroxyl groups excluding tert-OH is 1. The smallest absolute Gasteiger partial charge is 0.248 e. The van der Waals surface area contributed by atoms with E-state index in [9.17, 15) is 9.90 Å². The predicted molar refractivity (Wildman–Crippen MR) is 122 cm³/mol. The van der Waals surface area contributed by atoms with E-state index in [-0.39, 0.29) is 12.2 Å². The molecule has 0 aliphatic rings. The fraction of sp³-hybridized carbons (Fsp3) is 0.227. The standard InChI is InChI=1S/C20H19BrN4O2.C2H6/c1-11(12-4-3-5-14(21)8-12)18(26)10-17(23-2)20-24-15-7-6-13(19(22)27)9-16(15)25-20;1-2/h3-9,26H,10H2,1-2H3,(H2,22,27)(H,24,25);1-2H3/b18-11-,23-17?;. The topological polar surface area (TPSA) is 104 Å². The molecule has 0 radical (unpaired) electrons. The maximum absolute atomic E-state index is 11.3. The molecule has 0 bridgehead atoms. The number of primary amides is 1. The summed E-state index contributed by atoms with van der Waals surface area (Å²) in [4.78, 5) is 23.3. The van der Waals surface area contributed by atoms with Gasteiger partial charge in [0, 0.05) is 17.1 Å². The molecule has 29 heavy (non-hydrogen) atoms. The second-order valence-corrected chi connectivity index (χ2v) is 7.03. The van der Waals surface area contributed by atoms with Crippen molar-refractivity contribution in [1.82, 2.24) is 9.97 Å². The Morgan fingerprint density at radius 1 is 1.21 bits per heavy atom. The Bertz CT molecular complexity index is 1080. The van der Waals surface area contributed by atoms with Crippen molar-refractivity contribution >= 4 is 44.2 Å². The first-order valence-electron chi connectivity index (χ1n) is 9.29. The van der Waals surface area contributed by atoms with Gasteiger partial charge in [-0.25, -0.2) is 4.98 Å². The number of fused-ring (bicyclic) bond motifs is 1. The van der Waals surface area contributed by atoms with Crippen molar-refractivity contribution in [2.75, 3.05) is 7.05 Å². The molecule has 152 valence electrons. The largest absolute Gasteiger partial charge is 0.512 e. The number of rotatable bonds is 5. The van der Waals surface area contributed by atoms with Crippen LogP contribution in [0.3, 0.4) is 0 Å². The molecule has 3 aromatic rings. The van der Waals surface area contributed by atoms with Crippen LogP contribution in [0, 0.1) is 0 Å². The molecule has 0 unspecified atom stereocenters. The minimum absolute atomic E-state index is 0.215. The van der Waals surface area contributed by atoms with E-state index in [2.05, 4.69) is 30.9 Å². The van der Waals surface area contributed by atoms with Crippen molar-refractivity contribution in [3.63, 3.8) is 0 Å². The molecule has 0 saturated carbocycles. The highest BCUT2D eigenvalue weighted by Crippen LogP contribution is 2.23. The summed E-state index contributed by atoms with van der Waals surface area (Å²) >= 11 is 3.44. The zero-order valence-electron chi connectivity index (χ0n) is 17.0. The van der Waals surface area contributed by atoms with Crippen molar-refractivity contribution in [3.05, 3.63) is 69.6 Å². The van der Waals surface area contributed by atoms with E-state index < -0.39 is 5.91 Å². The Kier molecular flexibility index (Phi) is 7.73. The van der Waals surface area contributed by atoms with E-state index in [1.807, 2.05) is 45.0 Å². The van der Waals surface area contributed by atoms with Gasteiger partial charge in [0.15, 0.2) is 5.82 Å². The van der Waals surface area contributed by atoms with Crippen LogP contribution in [0.1, 0.15) is 48.9 Å². The molecular formula is C22H25BrN4O2. The average Bonchev–Trinajstić information content (AvgIpc) is 3.15. The third kappa shape index (κ3) is 5.32. The second kappa shape index (κ2) is 10.0. The monoisotopic (exact) mass is 456 g/mol. The zero-order valence-corrected chi connectivity index (χ0v) is 18.5. The second-order valence-electron chi connectivity index (χ2n) is 6.11. The summed E-state index contributed by atoms with van der Waals surface area (Å²) < 4.78 is 0.944. The number of imidazole rings is 1. The molecule has 6 nitrogen and oxygen atoms in total. The van der Waals surface area contributed by atoms with Crippen LogP contribution in [0.5, 0.6) is 0 Å². The Morgan fingerprint density at radius 3 is 2.55 bits per heavy atom. The first kappa shape index (κ1) is 22.4.